The first kappa shape index (κ1) is 13.5. The molecule has 104 valence electrons. The van der Waals surface area contributed by atoms with Crippen LogP contribution in [0.1, 0.15) is 5.56 Å². The summed E-state index contributed by atoms with van der Waals surface area (Å²) in [7, 11) is 0. The van der Waals surface area contributed by atoms with E-state index in [-0.39, 0.29) is 0 Å². The molecule has 0 N–H and O–H groups in total. The summed E-state index contributed by atoms with van der Waals surface area (Å²) in [6.07, 6.45) is 4.82. The van der Waals surface area contributed by atoms with Gasteiger partial charge in [-0.2, -0.15) is 4.98 Å². The normalized spacial score (nSPS) is 10.4. The average molecular weight is 298 g/mol. The Morgan fingerprint density at radius 2 is 1.76 bits per heavy atom. The Hall–Kier alpha value is -2.46. The highest BCUT2D eigenvalue weighted by Gasteiger charge is 2.02. The molecule has 0 bridgehead atoms. The molecule has 4 nitrogen and oxygen atoms in total. The van der Waals surface area contributed by atoms with Crippen LogP contribution < -0.4 is 4.74 Å². The summed E-state index contributed by atoms with van der Waals surface area (Å²) >= 11 is 5.77. The zero-order valence-electron chi connectivity index (χ0n) is 11.3. The van der Waals surface area contributed by atoms with Crippen LogP contribution in [0.25, 0.3) is 11.3 Å². The SMILES string of the molecule is Cc1ccc(-c2ccc(Oc3cncc(Cl)n3)cc2)nc1. The van der Waals surface area contributed by atoms with Crippen LogP contribution in [-0.2, 0) is 0 Å². The van der Waals surface area contributed by atoms with Gasteiger partial charge in [0.1, 0.15) is 5.75 Å². The van der Waals surface area contributed by atoms with Gasteiger partial charge >= 0.3 is 0 Å². The van der Waals surface area contributed by atoms with Crippen molar-refractivity contribution < 1.29 is 4.74 Å². The number of nitrogens with zero attached hydrogens (tertiary/aromatic N) is 3. The molecule has 0 aliphatic rings. The van der Waals surface area contributed by atoms with Gasteiger partial charge in [-0.05, 0) is 42.8 Å². The van der Waals surface area contributed by atoms with Crippen LogP contribution in [0.3, 0.4) is 0 Å². The van der Waals surface area contributed by atoms with Crippen molar-refractivity contribution >= 4 is 11.6 Å². The number of halogens is 1. The Balaban J connectivity index is 1.79. The van der Waals surface area contributed by atoms with E-state index < -0.39 is 0 Å². The summed E-state index contributed by atoms with van der Waals surface area (Å²) < 4.78 is 5.59. The van der Waals surface area contributed by atoms with Gasteiger partial charge in [0.25, 0.3) is 0 Å². The van der Waals surface area contributed by atoms with Gasteiger partial charge in [0, 0.05) is 11.8 Å². The fraction of sp³-hybridized carbons (Fsp3) is 0.0625. The van der Waals surface area contributed by atoms with Crippen molar-refractivity contribution in [3.05, 3.63) is 65.7 Å². The summed E-state index contributed by atoms with van der Waals surface area (Å²) in [6, 6.07) is 11.6. The van der Waals surface area contributed by atoms with E-state index in [0.29, 0.717) is 16.8 Å². The minimum Gasteiger partial charge on any atom is -0.437 e. The lowest BCUT2D eigenvalue weighted by atomic mass is 10.1. The topological polar surface area (TPSA) is 47.9 Å². The maximum Gasteiger partial charge on any atom is 0.239 e. The molecule has 1 aromatic carbocycles. The third-order valence-electron chi connectivity index (χ3n) is 2.87. The van der Waals surface area contributed by atoms with Crippen LogP contribution in [0, 0.1) is 6.92 Å². The molecule has 0 radical (unpaired) electrons. The Bertz CT molecular complexity index is 742. The Kier molecular flexibility index (Phi) is 3.79. The number of rotatable bonds is 3. The number of aromatic nitrogens is 3. The van der Waals surface area contributed by atoms with Gasteiger partial charge in [-0.1, -0.05) is 17.7 Å². The van der Waals surface area contributed by atoms with Crippen LogP contribution in [0.4, 0.5) is 0 Å². The van der Waals surface area contributed by atoms with Crippen molar-refractivity contribution in [3.8, 4) is 22.9 Å². The standard InChI is InChI=1S/C16H12ClN3O/c1-11-2-7-14(19-8-11)12-3-5-13(6-4-12)21-16-10-18-9-15(17)20-16/h2-10H,1H3. The van der Waals surface area contributed by atoms with E-state index in [2.05, 4.69) is 15.0 Å². The molecule has 21 heavy (non-hydrogen) atoms. The Labute approximate surface area is 127 Å². The molecule has 3 rings (SSSR count). The summed E-state index contributed by atoms with van der Waals surface area (Å²) in [5.41, 5.74) is 3.09. The third-order valence-corrected chi connectivity index (χ3v) is 3.05. The largest absolute Gasteiger partial charge is 0.437 e. The number of aryl methyl sites for hydroxylation is 1. The van der Waals surface area contributed by atoms with Crippen LogP contribution in [0.15, 0.2) is 55.0 Å². The fourth-order valence-electron chi connectivity index (χ4n) is 1.83. The molecule has 3 aromatic rings. The van der Waals surface area contributed by atoms with Crippen molar-refractivity contribution in [1.29, 1.82) is 0 Å². The Morgan fingerprint density at radius 1 is 0.952 bits per heavy atom. The van der Waals surface area contributed by atoms with Gasteiger partial charge in [-0.25, -0.2) is 0 Å². The lowest BCUT2D eigenvalue weighted by Gasteiger charge is -2.06. The molecule has 0 amide bonds. The molecule has 0 saturated carbocycles. The molecule has 0 saturated heterocycles. The zero-order valence-corrected chi connectivity index (χ0v) is 12.1. The van der Waals surface area contributed by atoms with E-state index in [1.54, 1.807) is 0 Å². The van der Waals surface area contributed by atoms with Gasteiger partial charge < -0.3 is 4.74 Å². The molecule has 5 heteroatoms. The van der Waals surface area contributed by atoms with E-state index >= 15 is 0 Å². The van der Waals surface area contributed by atoms with Gasteiger partial charge in [0.05, 0.1) is 18.1 Å². The smallest absolute Gasteiger partial charge is 0.239 e. The first-order valence-corrected chi connectivity index (χ1v) is 6.77. The molecular formula is C16H12ClN3O. The van der Waals surface area contributed by atoms with E-state index in [4.69, 9.17) is 16.3 Å². The first-order valence-electron chi connectivity index (χ1n) is 6.39. The maximum absolute atomic E-state index is 5.77. The first-order chi connectivity index (χ1) is 10.2. The van der Waals surface area contributed by atoms with Crippen molar-refractivity contribution in [2.45, 2.75) is 6.92 Å². The average Bonchev–Trinajstić information content (AvgIpc) is 2.49. The van der Waals surface area contributed by atoms with Crippen LogP contribution in [0.5, 0.6) is 11.6 Å². The summed E-state index contributed by atoms with van der Waals surface area (Å²) in [5, 5.41) is 0.299. The monoisotopic (exact) mass is 297 g/mol. The second-order valence-corrected chi connectivity index (χ2v) is 4.91. The van der Waals surface area contributed by atoms with Gasteiger partial charge in [-0.3, -0.25) is 9.97 Å². The second-order valence-electron chi connectivity index (χ2n) is 4.53. The number of ether oxygens (including phenoxy) is 1. The van der Waals surface area contributed by atoms with E-state index in [0.717, 1.165) is 16.8 Å². The molecule has 0 aliphatic carbocycles. The molecular weight excluding hydrogens is 286 g/mol. The van der Waals surface area contributed by atoms with Gasteiger partial charge in [0.15, 0.2) is 5.15 Å². The minimum atomic E-state index is 0.299. The van der Waals surface area contributed by atoms with Crippen LogP contribution in [-0.4, -0.2) is 15.0 Å². The summed E-state index contributed by atoms with van der Waals surface area (Å²) in [6.45, 7) is 2.01. The van der Waals surface area contributed by atoms with Crippen molar-refractivity contribution in [3.63, 3.8) is 0 Å². The summed E-state index contributed by atoms with van der Waals surface area (Å²) in [5.74, 6) is 1.03. The zero-order chi connectivity index (χ0) is 14.7. The quantitative estimate of drug-likeness (QED) is 0.723. The predicted molar refractivity (Wildman–Crippen MR) is 81.5 cm³/mol. The number of pyridine rings is 1. The molecule has 0 spiro atoms. The highest BCUT2D eigenvalue weighted by Crippen LogP contribution is 2.24. The fourth-order valence-corrected chi connectivity index (χ4v) is 1.97. The number of hydrogen-bond donors (Lipinski definition) is 0. The van der Waals surface area contributed by atoms with E-state index in [1.165, 1.54) is 12.4 Å². The predicted octanol–water partition coefficient (Wildman–Crippen LogP) is 4.29. The maximum atomic E-state index is 5.77. The molecule has 0 fully saturated rings. The van der Waals surface area contributed by atoms with Gasteiger partial charge in [0.2, 0.25) is 5.88 Å². The molecule has 0 atom stereocenters. The highest BCUT2D eigenvalue weighted by molar-refractivity contribution is 6.29. The van der Waals surface area contributed by atoms with Crippen molar-refractivity contribution in [1.82, 2.24) is 15.0 Å². The molecule has 0 unspecified atom stereocenters. The van der Waals surface area contributed by atoms with Crippen LogP contribution in [0.2, 0.25) is 5.15 Å². The van der Waals surface area contributed by atoms with Crippen molar-refractivity contribution in [2.24, 2.45) is 0 Å². The van der Waals surface area contributed by atoms with Crippen LogP contribution >= 0.6 is 11.6 Å². The third kappa shape index (κ3) is 3.35. The second kappa shape index (κ2) is 5.89. The molecule has 2 aromatic heterocycles. The van der Waals surface area contributed by atoms with Gasteiger partial charge in [-0.15, -0.1) is 0 Å². The van der Waals surface area contributed by atoms with Crippen molar-refractivity contribution in [2.75, 3.05) is 0 Å². The van der Waals surface area contributed by atoms with E-state index in [1.807, 2.05) is 49.5 Å². The van der Waals surface area contributed by atoms with E-state index in [9.17, 15) is 0 Å². The minimum absolute atomic E-state index is 0.299. The summed E-state index contributed by atoms with van der Waals surface area (Å²) in [4.78, 5) is 12.3. The number of benzene rings is 1. The highest BCUT2D eigenvalue weighted by atomic mass is 35.5. The molecule has 0 aliphatic heterocycles. The lowest BCUT2D eigenvalue weighted by Crippen LogP contribution is -1.90. The molecule has 2 heterocycles. The lowest BCUT2D eigenvalue weighted by molar-refractivity contribution is 0.460. The number of hydrogen-bond acceptors (Lipinski definition) is 4. The Morgan fingerprint density at radius 3 is 2.43 bits per heavy atom.